The molecule has 0 fully saturated rings. The predicted octanol–water partition coefficient (Wildman–Crippen LogP) is 6.59. The summed E-state index contributed by atoms with van der Waals surface area (Å²) >= 11 is 7.51. The van der Waals surface area contributed by atoms with Gasteiger partial charge < -0.3 is 4.42 Å². The number of halogens is 3. The summed E-state index contributed by atoms with van der Waals surface area (Å²) in [5, 5.41) is 0.623. The van der Waals surface area contributed by atoms with Crippen molar-refractivity contribution in [2.75, 3.05) is 0 Å². The van der Waals surface area contributed by atoms with Gasteiger partial charge in [-0.3, -0.25) is 4.72 Å². The molecule has 1 N–H and O–H groups in total. The van der Waals surface area contributed by atoms with E-state index in [4.69, 9.17) is 16.0 Å². The molecule has 0 saturated heterocycles. The van der Waals surface area contributed by atoms with Crippen molar-refractivity contribution in [3.05, 3.63) is 76.8 Å². The maximum Gasteiger partial charge on any atom is 0.181 e. The molecule has 3 nitrogen and oxygen atoms in total. The number of nitrogens with one attached hydrogen (secondary N) is 1. The van der Waals surface area contributed by atoms with Crippen LogP contribution in [0.1, 0.15) is 38.1 Å². The van der Waals surface area contributed by atoms with Crippen molar-refractivity contribution < 1.29 is 13.2 Å². The number of rotatable bonds is 6. The molecule has 7 heteroatoms. The van der Waals surface area contributed by atoms with Gasteiger partial charge in [-0.2, -0.15) is 0 Å². The fraction of sp³-hybridized carbons (Fsp3) is 0.286. The Morgan fingerprint density at radius 1 is 1.11 bits per heavy atom. The molecule has 1 unspecified atom stereocenters. The second kappa shape index (κ2) is 8.64. The Bertz CT molecular complexity index is 918. The Labute approximate surface area is 172 Å². The van der Waals surface area contributed by atoms with Gasteiger partial charge in [0.25, 0.3) is 0 Å². The summed E-state index contributed by atoms with van der Waals surface area (Å²) < 4.78 is 36.3. The molecular formula is C21H21ClF2N2OS. The second-order valence-corrected chi connectivity index (χ2v) is 9.54. The largest absolute Gasteiger partial charge is 0.443 e. The van der Waals surface area contributed by atoms with E-state index in [1.54, 1.807) is 12.1 Å². The highest BCUT2D eigenvalue weighted by Crippen LogP contribution is 2.33. The summed E-state index contributed by atoms with van der Waals surface area (Å²) in [4.78, 5) is 4.39. The molecule has 28 heavy (non-hydrogen) atoms. The van der Waals surface area contributed by atoms with Crippen LogP contribution in [0.5, 0.6) is 0 Å². The standard InChI is InChI=1S/C21H21ClF2N2OS/c1-21(2,3)28-26-18(10-13-8-16(23)11-17(24)9-13)19-20(27-12-25-19)14-4-6-15(22)7-5-14/h4-9,11-12,18,26H,10H2,1-3H3. The van der Waals surface area contributed by atoms with Gasteiger partial charge in [0.2, 0.25) is 0 Å². The van der Waals surface area contributed by atoms with Crippen molar-refractivity contribution in [1.29, 1.82) is 0 Å². The van der Waals surface area contributed by atoms with E-state index in [0.29, 0.717) is 28.5 Å². The molecule has 1 atom stereocenters. The molecule has 148 valence electrons. The Balaban J connectivity index is 1.95. The minimum atomic E-state index is -0.602. The zero-order valence-electron chi connectivity index (χ0n) is 15.8. The van der Waals surface area contributed by atoms with Gasteiger partial charge in [0.15, 0.2) is 12.2 Å². The zero-order chi connectivity index (χ0) is 20.3. The Kier molecular flexibility index (Phi) is 6.43. The van der Waals surface area contributed by atoms with E-state index < -0.39 is 11.6 Å². The summed E-state index contributed by atoms with van der Waals surface area (Å²) in [6.45, 7) is 6.23. The lowest BCUT2D eigenvalue weighted by atomic mass is 10.0. The van der Waals surface area contributed by atoms with Crippen molar-refractivity contribution in [3.8, 4) is 11.3 Å². The molecule has 0 saturated carbocycles. The molecule has 0 amide bonds. The number of oxazole rings is 1. The van der Waals surface area contributed by atoms with Crippen LogP contribution in [0.15, 0.2) is 53.3 Å². The molecule has 0 aliphatic carbocycles. The third-order valence-electron chi connectivity index (χ3n) is 3.90. The second-order valence-electron chi connectivity index (χ2n) is 7.44. The molecule has 0 bridgehead atoms. The fourth-order valence-electron chi connectivity index (χ4n) is 2.73. The lowest BCUT2D eigenvalue weighted by Crippen LogP contribution is -2.24. The maximum absolute atomic E-state index is 13.7. The molecule has 3 rings (SSSR count). The lowest BCUT2D eigenvalue weighted by Gasteiger charge is -2.24. The van der Waals surface area contributed by atoms with Crippen LogP contribution in [0.4, 0.5) is 8.78 Å². The number of nitrogens with zero attached hydrogens (tertiary/aromatic N) is 1. The topological polar surface area (TPSA) is 38.1 Å². The SMILES string of the molecule is CC(C)(C)SNC(Cc1cc(F)cc(F)c1)c1ncoc1-c1ccc(Cl)cc1. The van der Waals surface area contributed by atoms with Crippen molar-refractivity contribution >= 4 is 23.5 Å². The van der Waals surface area contributed by atoms with Crippen molar-refractivity contribution in [1.82, 2.24) is 9.71 Å². The molecule has 1 aromatic heterocycles. The van der Waals surface area contributed by atoms with Crippen LogP contribution in [-0.4, -0.2) is 9.73 Å². The van der Waals surface area contributed by atoms with Crippen molar-refractivity contribution in [3.63, 3.8) is 0 Å². The fourth-order valence-corrected chi connectivity index (χ4v) is 3.54. The quantitative estimate of drug-likeness (QED) is 0.454. The first-order valence-electron chi connectivity index (χ1n) is 8.79. The molecular weight excluding hydrogens is 402 g/mol. The molecule has 0 aliphatic rings. The van der Waals surface area contributed by atoms with Gasteiger partial charge in [-0.25, -0.2) is 13.8 Å². The van der Waals surface area contributed by atoms with Crippen LogP contribution in [0, 0.1) is 11.6 Å². The zero-order valence-corrected chi connectivity index (χ0v) is 17.4. The number of benzene rings is 2. The van der Waals surface area contributed by atoms with Gasteiger partial charge in [0.1, 0.15) is 17.3 Å². The van der Waals surface area contributed by atoms with Crippen LogP contribution in [-0.2, 0) is 6.42 Å². The van der Waals surface area contributed by atoms with Gasteiger partial charge in [-0.05, 0) is 69.2 Å². The lowest BCUT2D eigenvalue weighted by molar-refractivity contribution is 0.563. The first kappa shape index (κ1) is 20.8. The molecule has 0 radical (unpaired) electrons. The average Bonchev–Trinajstić information content (AvgIpc) is 3.07. The van der Waals surface area contributed by atoms with Gasteiger partial charge in [0.05, 0.1) is 6.04 Å². The number of hydrogen-bond acceptors (Lipinski definition) is 4. The predicted molar refractivity (Wildman–Crippen MR) is 110 cm³/mol. The van der Waals surface area contributed by atoms with Crippen LogP contribution >= 0.6 is 23.5 Å². The third-order valence-corrected chi connectivity index (χ3v) is 5.17. The van der Waals surface area contributed by atoms with Gasteiger partial charge in [0, 0.05) is 21.4 Å². The Morgan fingerprint density at radius 3 is 2.36 bits per heavy atom. The van der Waals surface area contributed by atoms with Crippen molar-refractivity contribution in [2.24, 2.45) is 0 Å². The summed E-state index contributed by atoms with van der Waals surface area (Å²) in [5.41, 5.74) is 2.04. The Hall–Kier alpha value is -1.89. The normalized spacial score (nSPS) is 12.9. The van der Waals surface area contributed by atoms with Crippen LogP contribution in [0.2, 0.25) is 5.02 Å². The van der Waals surface area contributed by atoms with E-state index in [2.05, 4.69) is 30.5 Å². The number of hydrogen-bond donors (Lipinski definition) is 1. The maximum atomic E-state index is 13.7. The minimum Gasteiger partial charge on any atom is -0.443 e. The van der Waals surface area contributed by atoms with Crippen LogP contribution in [0.25, 0.3) is 11.3 Å². The first-order chi connectivity index (χ1) is 13.2. The molecule has 0 aliphatic heterocycles. The number of aromatic nitrogens is 1. The highest BCUT2D eigenvalue weighted by Gasteiger charge is 2.24. The summed E-state index contributed by atoms with van der Waals surface area (Å²) in [6.07, 6.45) is 1.73. The smallest absolute Gasteiger partial charge is 0.181 e. The van der Waals surface area contributed by atoms with E-state index in [1.807, 2.05) is 12.1 Å². The van der Waals surface area contributed by atoms with E-state index in [9.17, 15) is 8.78 Å². The van der Waals surface area contributed by atoms with E-state index in [1.165, 1.54) is 30.5 Å². The Morgan fingerprint density at radius 2 is 1.75 bits per heavy atom. The molecule has 2 aromatic carbocycles. The van der Waals surface area contributed by atoms with E-state index in [-0.39, 0.29) is 10.8 Å². The molecule has 0 spiro atoms. The third kappa shape index (κ3) is 5.56. The minimum absolute atomic E-state index is 0.0599. The monoisotopic (exact) mass is 422 g/mol. The summed E-state index contributed by atoms with van der Waals surface area (Å²) in [7, 11) is 0. The van der Waals surface area contributed by atoms with Gasteiger partial charge >= 0.3 is 0 Å². The van der Waals surface area contributed by atoms with Gasteiger partial charge in [-0.15, -0.1) is 0 Å². The van der Waals surface area contributed by atoms with E-state index >= 15 is 0 Å². The molecule has 1 heterocycles. The highest BCUT2D eigenvalue weighted by molar-refractivity contribution is 7.98. The van der Waals surface area contributed by atoms with Crippen molar-refractivity contribution in [2.45, 2.75) is 38.0 Å². The average molecular weight is 423 g/mol. The van der Waals surface area contributed by atoms with E-state index in [0.717, 1.165) is 11.6 Å². The van der Waals surface area contributed by atoms with Crippen LogP contribution in [0.3, 0.4) is 0 Å². The highest BCUT2D eigenvalue weighted by atomic mass is 35.5. The summed E-state index contributed by atoms with van der Waals surface area (Å²) in [6, 6.07) is 10.5. The first-order valence-corrected chi connectivity index (χ1v) is 9.98. The van der Waals surface area contributed by atoms with Gasteiger partial charge in [-0.1, -0.05) is 23.5 Å². The summed E-state index contributed by atoms with van der Waals surface area (Å²) in [5.74, 6) is -0.605. The molecule has 3 aromatic rings. The van der Waals surface area contributed by atoms with Crippen LogP contribution < -0.4 is 4.72 Å².